The zero-order chi connectivity index (χ0) is 14.2. The Balaban J connectivity index is 2.47. The number of nitrogens with two attached hydrogens (primary N) is 2. The second kappa shape index (κ2) is 5.10. The molecule has 0 amide bonds. The van der Waals surface area contributed by atoms with Gasteiger partial charge in [-0.2, -0.15) is 0 Å². The molecule has 0 spiro atoms. The van der Waals surface area contributed by atoms with Crippen LogP contribution in [-0.2, 0) is 20.8 Å². The van der Waals surface area contributed by atoms with Gasteiger partial charge >= 0.3 is 0 Å². The third-order valence-electron chi connectivity index (χ3n) is 3.18. The van der Waals surface area contributed by atoms with E-state index in [0.29, 0.717) is 35.8 Å². The largest absolute Gasteiger partial charge is 0.399 e. The van der Waals surface area contributed by atoms with Gasteiger partial charge in [0.05, 0.1) is 4.90 Å². The first-order valence-corrected chi connectivity index (χ1v) is 8.85. The van der Waals surface area contributed by atoms with E-state index in [4.69, 9.17) is 10.9 Å². The Hall–Kier alpha value is -1.12. The van der Waals surface area contributed by atoms with Gasteiger partial charge in [-0.25, -0.2) is 13.6 Å². The summed E-state index contributed by atoms with van der Waals surface area (Å²) in [6, 6.07) is 3.11. The fraction of sp³-hybridized carbons (Fsp3) is 0.455. The summed E-state index contributed by atoms with van der Waals surface area (Å²) in [6.07, 6.45) is 0. The smallest absolute Gasteiger partial charge is 0.238 e. The molecule has 1 heterocycles. The Bertz CT molecular complexity index is 618. The Morgan fingerprint density at radius 2 is 1.84 bits per heavy atom. The van der Waals surface area contributed by atoms with Crippen molar-refractivity contribution in [3.05, 3.63) is 17.7 Å². The first kappa shape index (κ1) is 14.3. The van der Waals surface area contributed by atoms with Crippen LogP contribution in [0.25, 0.3) is 0 Å². The van der Waals surface area contributed by atoms with E-state index in [0.717, 1.165) is 5.69 Å². The lowest BCUT2D eigenvalue weighted by molar-refractivity contribution is 0.597. The maximum Gasteiger partial charge on any atom is 0.238 e. The van der Waals surface area contributed by atoms with Crippen LogP contribution in [0.5, 0.6) is 0 Å². The van der Waals surface area contributed by atoms with Gasteiger partial charge in [0.15, 0.2) is 0 Å². The van der Waals surface area contributed by atoms with Gasteiger partial charge in [-0.1, -0.05) is 0 Å². The van der Waals surface area contributed by atoms with Gasteiger partial charge in [-0.3, -0.25) is 4.21 Å². The predicted octanol–water partition coefficient (Wildman–Crippen LogP) is -0.207. The van der Waals surface area contributed by atoms with Gasteiger partial charge in [-0.05, 0) is 24.6 Å². The minimum atomic E-state index is -3.79. The highest BCUT2D eigenvalue weighted by Crippen LogP contribution is 2.29. The van der Waals surface area contributed by atoms with Gasteiger partial charge in [-0.15, -0.1) is 0 Å². The molecule has 0 atom stereocenters. The highest BCUT2D eigenvalue weighted by molar-refractivity contribution is 7.89. The zero-order valence-corrected chi connectivity index (χ0v) is 12.3. The number of nitrogen functional groups attached to an aromatic ring is 1. The fourth-order valence-corrected chi connectivity index (χ4v) is 4.08. The highest BCUT2D eigenvalue weighted by Gasteiger charge is 2.21. The Labute approximate surface area is 115 Å². The Morgan fingerprint density at radius 3 is 2.37 bits per heavy atom. The van der Waals surface area contributed by atoms with Crippen molar-refractivity contribution in [3.8, 4) is 0 Å². The van der Waals surface area contributed by atoms with Crippen LogP contribution in [0.3, 0.4) is 0 Å². The molecule has 1 fully saturated rings. The fourth-order valence-electron chi connectivity index (χ4n) is 2.20. The predicted molar refractivity (Wildman–Crippen MR) is 77.1 cm³/mol. The van der Waals surface area contributed by atoms with Gasteiger partial charge in [0, 0.05) is 46.8 Å². The summed E-state index contributed by atoms with van der Waals surface area (Å²) < 4.78 is 34.5. The lowest BCUT2D eigenvalue weighted by atomic mass is 10.1. The molecule has 0 saturated carbocycles. The number of anilines is 2. The van der Waals surface area contributed by atoms with E-state index < -0.39 is 20.8 Å². The van der Waals surface area contributed by atoms with Crippen LogP contribution in [0, 0.1) is 6.92 Å². The van der Waals surface area contributed by atoms with Crippen molar-refractivity contribution in [2.75, 3.05) is 35.2 Å². The number of benzene rings is 1. The monoisotopic (exact) mass is 303 g/mol. The van der Waals surface area contributed by atoms with E-state index in [1.165, 1.54) is 6.07 Å². The topological polar surface area (TPSA) is 106 Å². The summed E-state index contributed by atoms with van der Waals surface area (Å²) in [5, 5.41) is 5.20. The van der Waals surface area contributed by atoms with Crippen molar-refractivity contribution in [1.29, 1.82) is 0 Å². The second-order valence-corrected chi connectivity index (χ2v) is 7.77. The maximum atomic E-state index is 11.5. The summed E-state index contributed by atoms with van der Waals surface area (Å²) in [5.41, 5.74) is 7.45. The van der Waals surface area contributed by atoms with Crippen molar-refractivity contribution < 1.29 is 12.6 Å². The van der Waals surface area contributed by atoms with Crippen molar-refractivity contribution in [2.24, 2.45) is 5.14 Å². The average Bonchev–Trinajstić information content (AvgIpc) is 2.31. The number of hydrogen-bond acceptors (Lipinski definition) is 5. The van der Waals surface area contributed by atoms with Crippen molar-refractivity contribution in [3.63, 3.8) is 0 Å². The van der Waals surface area contributed by atoms with Gasteiger partial charge in [0.2, 0.25) is 10.0 Å². The molecule has 0 bridgehead atoms. The van der Waals surface area contributed by atoms with E-state index in [1.807, 2.05) is 4.90 Å². The molecule has 0 unspecified atom stereocenters. The zero-order valence-electron chi connectivity index (χ0n) is 10.6. The van der Waals surface area contributed by atoms with Crippen LogP contribution in [0.1, 0.15) is 5.56 Å². The van der Waals surface area contributed by atoms with E-state index >= 15 is 0 Å². The summed E-state index contributed by atoms with van der Waals surface area (Å²) in [4.78, 5) is 2.05. The van der Waals surface area contributed by atoms with Crippen molar-refractivity contribution in [1.82, 2.24) is 0 Å². The van der Waals surface area contributed by atoms with Gasteiger partial charge in [0.1, 0.15) is 0 Å². The first-order valence-electron chi connectivity index (χ1n) is 5.82. The number of nitrogens with zero attached hydrogens (tertiary/aromatic N) is 1. The van der Waals surface area contributed by atoms with Crippen LogP contribution < -0.4 is 15.8 Å². The molecule has 0 radical (unpaired) electrons. The summed E-state index contributed by atoms with van der Waals surface area (Å²) in [7, 11) is -4.58. The van der Waals surface area contributed by atoms with Crippen LogP contribution >= 0.6 is 0 Å². The molecule has 8 heteroatoms. The third-order valence-corrected chi connectivity index (χ3v) is 5.49. The Kier molecular flexibility index (Phi) is 3.84. The Morgan fingerprint density at radius 1 is 1.26 bits per heavy atom. The lowest BCUT2D eigenvalue weighted by Crippen LogP contribution is -2.38. The van der Waals surface area contributed by atoms with Crippen molar-refractivity contribution in [2.45, 2.75) is 11.8 Å². The van der Waals surface area contributed by atoms with Crippen molar-refractivity contribution >= 4 is 32.2 Å². The second-order valence-electron chi connectivity index (χ2n) is 4.54. The number of hydrogen-bond donors (Lipinski definition) is 2. The van der Waals surface area contributed by atoms with Crippen LogP contribution in [-0.4, -0.2) is 37.2 Å². The molecule has 2 rings (SSSR count). The van der Waals surface area contributed by atoms with Crippen LogP contribution in [0.15, 0.2) is 17.0 Å². The minimum absolute atomic E-state index is 0.0502. The molecule has 1 aromatic carbocycles. The van der Waals surface area contributed by atoms with Crippen LogP contribution in [0.2, 0.25) is 0 Å². The quantitative estimate of drug-likeness (QED) is 0.735. The number of sulfonamides is 1. The molecular formula is C11H17N3O3S2. The normalized spacial score (nSPS) is 17.7. The standard InChI is InChI=1S/C11H17N3O3S2/c1-8-10(14-2-4-18(15)5-3-14)6-9(12)7-11(8)19(13,16)17/h6-7H,2-5,12H2,1H3,(H2,13,16,17). The summed E-state index contributed by atoms with van der Waals surface area (Å²) in [6.45, 7) is 2.96. The average molecular weight is 303 g/mol. The van der Waals surface area contributed by atoms with E-state index in [9.17, 15) is 12.6 Å². The van der Waals surface area contributed by atoms with E-state index in [-0.39, 0.29) is 4.90 Å². The summed E-state index contributed by atoms with van der Waals surface area (Å²) >= 11 is 0. The maximum absolute atomic E-state index is 11.5. The lowest BCUT2D eigenvalue weighted by Gasteiger charge is -2.30. The third kappa shape index (κ3) is 3.07. The van der Waals surface area contributed by atoms with E-state index in [1.54, 1.807) is 13.0 Å². The molecule has 19 heavy (non-hydrogen) atoms. The number of rotatable bonds is 2. The highest BCUT2D eigenvalue weighted by atomic mass is 32.2. The molecule has 1 aliphatic heterocycles. The molecule has 1 aromatic rings. The van der Waals surface area contributed by atoms with Gasteiger partial charge in [0.25, 0.3) is 0 Å². The van der Waals surface area contributed by atoms with Crippen LogP contribution in [0.4, 0.5) is 11.4 Å². The molecule has 4 N–H and O–H groups in total. The molecule has 0 aliphatic carbocycles. The SMILES string of the molecule is Cc1c(N2CCS(=O)CC2)cc(N)cc1S(N)(=O)=O. The van der Waals surface area contributed by atoms with E-state index in [2.05, 4.69) is 0 Å². The minimum Gasteiger partial charge on any atom is -0.399 e. The summed E-state index contributed by atoms with van der Waals surface area (Å²) in [5.74, 6) is 1.16. The molecule has 6 nitrogen and oxygen atoms in total. The first-order chi connectivity index (χ1) is 8.79. The number of primary sulfonamides is 1. The van der Waals surface area contributed by atoms with Gasteiger partial charge < -0.3 is 10.6 Å². The molecular weight excluding hydrogens is 286 g/mol. The molecule has 106 valence electrons. The molecule has 0 aromatic heterocycles. The molecule has 1 saturated heterocycles. The molecule has 1 aliphatic rings.